The number of carbonyl (C=O) groups is 3. The van der Waals surface area contributed by atoms with Gasteiger partial charge in [-0.25, -0.2) is 9.78 Å². The largest absolute Gasteiger partial charge is 0.444 e. The standard InChI is InChI=1S/C37H47N5O4/c1-5-20-38-32(43)24-29-18-12-13-19-31(29)42-26-39-33(34(42)28-16-10-7-11-17-28)35(44)41-22-21-40(36(45)46-37(2,3)4)25-30(41)23-27-14-8-6-9-15-27/h6-11,14-17,24,26,30-31H,5,12-13,18-23,25H2,1-4H3,(H,38,43)/b29-24+/t30-,31+/m1/s1. The van der Waals surface area contributed by atoms with Crippen molar-refractivity contribution in [1.82, 2.24) is 24.7 Å². The van der Waals surface area contributed by atoms with Crippen molar-refractivity contribution in [2.75, 3.05) is 26.2 Å². The number of imidazole rings is 1. The lowest BCUT2D eigenvalue weighted by molar-refractivity contribution is -0.116. The fourth-order valence-electron chi connectivity index (χ4n) is 6.42. The van der Waals surface area contributed by atoms with Crippen LogP contribution in [0.25, 0.3) is 11.3 Å². The number of aromatic nitrogens is 2. The summed E-state index contributed by atoms with van der Waals surface area (Å²) >= 11 is 0. The van der Waals surface area contributed by atoms with Crippen LogP contribution in [0, 0.1) is 0 Å². The maximum Gasteiger partial charge on any atom is 0.410 e. The molecule has 3 amide bonds. The van der Waals surface area contributed by atoms with Crippen LogP contribution in [0.3, 0.4) is 0 Å². The normalized spacial score (nSPS) is 19.6. The molecule has 2 fully saturated rings. The Bertz CT molecular complexity index is 1530. The Morgan fingerprint density at radius 1 is 1.00 bits per heavy atom. The van der Waals surface area contributed by atoms with E-state index >= 15 is 0 Å². The highest BCUT2D eigenvalue weighted by atomic mass is 16.6. The van der Waals surface area contributed by atoms with Gasteiger partial charge in [0.2, 0.25) is 5.91 Å². The molecule has 1 aromatic heterocycles. The molecule has 0 unspecified atom stereocenters. The van der Waals surface area contributed by atoms with Crippen LogP contribution in [0.1, 0.15) is 81.9 Å². The Morgan fingerprint density at radius 2 is 1.72 bits per heavy atom. The molecule has 2 heterocycles. The molecule has 9 heteroatoms. The van der Waals surface area contributed by atoms with Crippen LogP contribution in [0.2, 0.25) is 0 Å². The topological polar surface area (TPSA) is 96.8 Å². The van der Waals surface area contributed by atoms with Crippen molar-refractivity contribution in [3.05, 3.63) is 89.9 Å². The van der Waals surface area contributed by atoms with E-state index in [-0.39, 0.29) is 30.0 Å². The third-order valence-corrected chi connectivity index (χ3v) is 8.58. The van der Waals surface area contributed by atoms with Crippen molar-refractivity contribution in [2.24, 2.45) is 0 Å². The number of hydrogen-bond donors (Lipinski definition) is 1. The van der Waals surface area contributed by atoms with Crippen LogP contribution in [0.5, 0.6) is 0 Å². The smallest absolute Gasteiger partial charge is 0.410 e. The average Bonchev–Trinajstić information content (AvgIpc) is 3.49. The summed E-state index contributed by atoms with van der Waals surface area (Å²) in [6.07, 6.45) is 8.36. The van der Waals surface area contributed by atoms with Crippen LogP contribution in [-0.4, -0.2) is 75.1 Å². The first-order valence-electron chi connectivity index (χ1n) is 16.6. The molecule has 1 aliphatic heterocycles. The van der Waals surface area contributed by atoms with Crippen molar-refractivity contribution in [2.45, 2.75) is 83.9 Å². The van der Waals surface area contributed by atoms with Gasteiger partial charge in [0.25, 0.3) is 5.91 Å². The Morgan fingerprint density at radius 3 is 2.41 bits per heavy atom. The molecule has 2 aromatic carbocycles. The van der Waals surface area contributed by atoms with E-state index < -0.39 is 5.60 Å². The fourth-order valence-corrected chi connectivity index (χ4v) is 6.42. The van der Waals surface area contributed by atoms with Gasteiger partial charge in [-0.2, -0.15) is 0 Å². The molecule has 1 saturated carbocycles. The van der Waals surface area contributed by atoms with Gasteiger partial charge in [0.1, 0.15) is 5.60 Å². The molecular formula is C37H47N5O4. The van der Waals surface area contributed by atoms with Crippen molar-refractivity contribution in [1.29, 1.82) is 0 Å². The highest BCUT2D eigenvalue weighted by molar-refractivity contribution is 5.99. The van der Waals surface area contributed by atoms with Gasteiger partial charge in [0.15, 0.2) is 5.69 Å². The molecule has 1 saturated heterocycles. The van der Waals surface area contributed by atoms with Gasteiger partial charge in [0.05, 0.1) is 24.1 Å². The van der Waals surface area contributed by atoms with Gasteiger partial charge in [0, 0.05) is 37.8 Å². The number of amides is 3. The molecule has 244 valence electrons. The highest BCUT2D eigenvalue weighted by Gasteiger charge is 2.37. The molecular weight excluding hydrogens is 578 g/mol. The van der Waals surface area contributed by atoms with Crippen LogP contribution < -0.4 is 5.32 Å². The molecule has 2 atom stereocenters. The molecule has 0 radical (unpaired) electrons. The quantitative estimate of drug-likeness (QED) is 0.292. The van der Waals surface area contributed by atoms with Crippen LogP contribution in [0.4, 0.5) is 4.79 Å². The van der Waals surface area contributed by atoms with E-state index in [4.69, 9.17) is 9.72 Å². The molecule has 9 nitrogen and oxygen atoms in total. The summed E-state index contributed by atoms with van der Waals surface area (Å²) < 4.78 is 7.80. The summed E-state index contributed by atoms with van der Waals surface area (Å²) in [5, 5.41) is 2.98. The molecule has 2 aliphatic rings. The third kappa shape index (κ3) is 8.05. The molecule has 3 aromatic rings. The number of ether oxygens (including phenoxy) is 1. The average molecular weight is 626 g/mol. The number of benzene rings is 2. The Kier molecular flexibility index (Phi) is 10.6. The number of hydrogen-bond acceptors (Lipinski definition) is 5. The summed E-state index contributed by atoms with van der Waals surface area (Å²) in [6.45, 7) is 9.35. The molecule has 1 aliphatic carbocycles. The van der Waals surface area contributed by atoms with E-state index in [2.05, 4.69) is 9.88 Å². The lowest BCUT2D eigenvalue weighted by Gasteiger charge is -2.41. The van der Waals surface area contributed by atoms with Gasteiger partial charge in [-0.1, -0.05) is 74.0 Å². The monoisotopic (exact) mass is 625 g/mol. The fraction of sp³-hybridized carbons (Fsp3) is 0.459. The van der Waals surface area contributed by atoms with Crippen LogP contribution in [-0.2, 0) is 16.0 Å². The lowest BCUT2D eigenvalue weighted by atomic mass is 9.88. The lowest BCUT2D eigenvalue weighted by Crippen LogP contribution is -2.58. The minimum Gasteiger partial charge on any atom is -0.444 e. The molecule has 0 spiro atoms. The van der Waals surface area contributed by atoms with Gasteiger partial charge in [-0.15, -0.1) is 0 Å². The maximum absolute atomic E-state index is 14.6. The zero-order chi connectivity index (χ0) is 32.7. The molecule has 5 rings (SSSR count). The predicted octanol–water partition coefficient (Wildman–Crippen LogP) is 6.42. The zero-order valence-corrected chi connectivity index (χ0v) is 27.6. The van der Waals surface area contributed by atoms with Crippen molar-refractivity contribution < 1.29 is 19.1 Å². The second kappa shape index (κ2) is 14.8. The first kappa shape index (κ1) is 33.0. The summed E-state index contributed by atoms with van der Waals surface area (Å²) in [5.41, 5.74) is 3.57. The van der Waals surface area contributed by atoms with E-state index in [0.29, 0.717) is 38.3 Å². The van der Waals surface area contributed by atoms with E-state index in [0.717, 1.165) is 54.5 Å². The summed E-state index contributed by atoms with van der Waals surface area (Å²) in [5.74, 6) is -0.238. The van der Waals surface area contributed by atoms with Gasteiger partial charge in [-0.3, -0.25) is 9.59 Å². The SMILES string of the molecule is CCCNC(=O)/C=C1\CCCC[C@@H]1n1cnc(C(=O)N2CCN(C(=O)OC(C)(C)C)C[C@H]2Cc2ccccc2)c1-c1ccccc1. The second-order valence-corrected chi connectivity index (χ2v) is 13.3. The molecule has 0 bridgehead atoms. The number of allylic oxidation sites excluding steroid dienone is 1. The van der Waals surface area contributed by atoms with E-state index in [9.17, 15) is 14.4 Å². The molecule has 1 N–H and O–H groups in total. The van der Waals surface area contributed by atoms with Crippen molar-refractivity contribution >= 4 is 17.9 Å². The predicted molar refractivity (Wildman–Crippen MR) is 179 cm³/mol. The minimum atomic E-state index is -0.612. The van der Waals surface area contributed by atoms with Crippen molar-refractivity contribution in [3.63, 3.8) is 0 Å². The van der Waals surface area contributed by atoms with E-state index in [1.165, 1.54) is 0 Å². The Hall–Kier alpha value is -4.40. The first-order chi connectivity index (χ1) is 22.1. The Labute approximate surface area is 272 Å². The van der Waals surface area contributed by atoms with Crippen molar-refractivity contribution in [3.8, 4) is 11.3 Å². The maximum atomic E-state index is 14.6. The van der Waals surface area contributed by atoms with Gasteiger partial charge >= 0.3 is 6.09 Å². The zero-order valence-electron chi connectivity index (χ0n) is 27.6. The summed E-state index contributed by atoms with van der Waals surface area (Å²) in [4.78, 5) is 48.8. The van der Waals surface area contributed by atoms with Crippen LogP contribution >= 0.6 is 0 Å². The second-order valence-electron chi connectivity index (χ2n) is 13.3. The number of nitrogens with one attached hydrogen (secondary N) is 1. The third-order valence-electron chi connectivity index (χ3n) is 8.58. The number of piperazine rings is 1. The highest BCUT2D eigenvalue weighted by Crippen LogP contribution is 2.38. The summed E-state index contributed by atoms with van der Waals surface area (Å²) in [6, 6.07) is 19.6. The summed E-state index contributed by atoms with van der Waals surface area (Å²) in [7, 11) is 0. The van der Waals surface area contributed by atoms with Gasteiger partial charge in [-0.05, 0) is 64.0 Å². The van der Waals surface area contributed by atoms with E-state index in [1.54, 1.807) is 17.3 Å². The number of nitrogens with zero attached hydrogens (tertiary/aromatic N) is 4. The number of carbonyl (C=O) groups excluding carboxylic acids is 3. The van der Waals surface area contributed by atoms with Gasteiger partial charge < -0.3 is 24.4 Å². The van der Waals surface area contributed by atoms with Crippen LogP contribution in [0.15, 0.2) is 78.6 Å². The first-order valence-corrected chi connectivity index (χ1v) is 16.6. The number of rotatable bonds is 8. The minimum absolute atomic E-state index is 0.0745. The molecule has 46 heavy (non-hydrogen) atoms. The van der Waals surface area contributed by atoms with E-state index in [1.807, 2.05) is 93.3 Å². The Balaban J connectivity index is 1.50.